The van der Waals surface area contributed by atoms with E-state index in [0.29, 0.717) is 30.4 Å². The third-order valence-corrected chi connectivity index (χ3v) is 3.49. The molecule has 5 nitrogen and oxygen atoms in total. The van der Waals surface area contributed by atoms with Crippen LogP contribution in [0.1, 0.15) is 24.3 Å². The van der Waals surface area contributed by atoms with Crippen molar-refractivity contribution in [3.8, 4) is 0 Å². The second-order valence-corrected chi connectivity index (χ2v) is 4.68. The highest BCUT2D eigenvalue weighted by atomic mass is 35.5. The first-order chi connectivity index (χ1) is 8.67. The van der Waals surface area contributed by atoms with E-state index in [1.165, 1.54) is 6.20 Å². The van der Waals surface area contributed by atoms with E-state index in [1.807, 2.05) is 6.92 Å². The summed E-state index contributed by atoms with van der Waals surface area (Å²) < 4.78 is 7.18. The maximum absolute atomic E-state index is 12.4. The lowest BCUT2D eigenvalue weighted by atomic mass is 10.1. The maximum atomic E-state index is 12.4. The van der Waals surface area contributed by atoms with Crippen LogP contribution in [0.2, 0.25) is 5.02 Å². The Morgan fingerprint density at radius 2 is 2.33 bits per heavy atom. The van der Waals surface area contributed by atoms with Crippen molar-refractivity contribution in [2.75, 3.05) is 26.2 Å². The summed E-state index contributed by atoms with van der Waals surface area (Å²) in [6, 6.07) is 0. The summed E-state index contributed by atoms with van der Waals surface area (Å²) in [5.74, 6) is -0.0718. The molecule has 0 aromatic carbocycles. The molecule has 0 bridgehead atoms. The average molecular weight is 272 g/mol. The van der Waals surface area contributed by atoms with Crippen LogP contribution in [0.3, 0.4) is 0 Å². The fourth-order valence-electron chi connectivity index (χ4n) is 2.15. The summed E-state index contributed by atoms with van der Waals surface area (Å²) in [7, 11) is 0. The van der Waals surface area contributed by atoms with Crippen LogP contribution in [0.25, 0.3) is 0 Å². The SMILES string of the molecule is CCN1CCOC(C(=O)c2c(Cl)cnn2CC)C1. The van der Waals surface area contributed by atoms with Gasteiger partial charge in [-0.3, -0.25) is 14.4 Å². The number of hydrogen-bond donors (Lipinski definition) is 0. The first-order valence-corrected chi connectivity index (χ1v) is 6.64. The molecule has 0 radical (unpaired) electrons. The molecule has 1 atom stereocenters. The van der Waals surface area contributed by atoms with Crippen molar-refractivity contribution in [3.05, 3.63) is 16.9 Å². The van der Waals surface area contributed by atoms with Gasteiger partial charge in [0.2, 0.25) is 5.78 Å². The molecule has 100 valence electrons. The average Bonchev–Trinajstić information content (AvgIpc) is 2.79. The van der Waals surface area contributed by atoms with Gasteiger partial charge >= 0.3 is 0 Å². The Morgan fingerprint density at radius 3 is 3.00 bits per heavy atom. The number of ketones is 1. The number of aryl methyl sites for hydroxylation is 1. The Bertz CT molecular complexity index is 433. The number of likely N-dealkylation sites (N-methyl/N-ethyl adjacent to an activating group) is 1. The second-order valence-electron chi connectivity index (χ2n) is 4.27. The van der Waals surface area contributed by atoms with Crippen LogP contribution < -0.4 is 0 Å². The van der Waals surface area contributed by atoms with E-state index in [0.717, 1.165) is 13.1 Å². The van der Waals surface area contributed by atoms with E-state index in [9.17, 15) is 4.79 Å². The van der Waals surface area contributed by atoms with Gasteiger partial charge in [0.15, 0.2) is 0 Å². The molecule has 1 aliphatic rings. The first-order valence-electron chi connectivity index (χ1n) is 6.26. The van der Waals surface area contributed by atoms with E-state index in [1.54, 1.807) is 4.68 Å². The van der Waals surface area contributed by atoms with Crippen LogP contribution in [0.4, 0.5) is 0 Å². The number of hydrogen-bond acceptors (Lipinski definition) is 4. The van der Waals surface area contributed by atoms with Crippen molar-refractivity contribution in [1.82, 2.24) is 14.7 Å². The van der Waals surface area contributed by atoms with Gasteiger partial charge in [-0.2, -0.15) is 5.10 Å². The summed E-state index contributed by atoms with van der Waals surface area (Å²) >= 11 is 6.03. The molecule has 1 aromatic heterocycles. The zero-order chi connectivity index (χ0) is 13.1. The van der Waals surface area contributed by atoms with Gasteiger partial charge in [-0.1, -0.05) is 18.5 Å². The van der Waals surface area contributed by atoms with Crippen LogP contribution in [-0.4, -0.2) is 52.8 Å². The van der Waals surface area contributed by atoms with Gasteiger partial charge in [0.1, 0.15) is 11.8 Å². The number of Topliss-reactive ketones (excluding diaryl/α,β-unsaturated/α-hetero) is 1. The Labute approximate surface area is 112 Å². The van der Waals surface area contributed by atoms with E-state index in [4.69, 9.17) is 16.3 Å². The van der Waals surface area contributed by atoms with E-state index >= 15 is 0 Å². The van der Waals surface area contributed by atoms with Crippen LogP contribution >= 0.6 is 11.6 Å². The largest absolute Gasteiger partial charge is 0.367 e. The molecular formula is C12H18ClN3O2. The van der Waals surface area contributed by atoms with Gasteiger partial charge in [-0.15, -0.1) is 0 Å². The number of carbonyl (C=O) groups excluding carboxylic acids is 1. The number of morpholine rings is 1. The third kappa shape index (κ3) is 2.58. The number of halogens is 1. The summed E-state index contributed by atoms with van der Waals surface area (Å²) in [6.07, 6.45) is 1.08. The van der Waals surface area contributed by atoms with Crippen LogP contribution in [0, 0.1) is 0 Å². The Kier molecular flexibility index (Phi) is 4.37. The summed E-state index contributed by atoms with van der Waals surface area (Å²) in [5.41, 5.74) is 0.460. The lowest BCUT2D eigenvalue weighted by Crippen LogP contribution is -2.46. The molecule has 1 saturated heterocycles. The van der Waals surface area contributed by atoms with Gasteiger partial charge < -0.3 is 4.74 Å². The van der Waals surface area contributed by atoms with Gasteiger partial charge in [-0.25, -0.2) is 0 Å². The maximum Gasteiger partial charge on any atom is 0.212 e. The fourth-order valence-corrected chi connectivity index (χ4v) is 2.38. The second kappa shape index (κ2) is 5.82. The molecule has 0 aliphatic carbocycles. The highest BCUT2D eigenvalue weighted by molar-refractivity contribution is 6.33. The van der Waals surface area contributed by atoms with Crippen molar-refractivity contribution < 1.29 is 9.53 Å². The van der Waals surface area contributed by atoms with Crippen LogP contribution in [0.5, 0.6) is 0 Å². The zero-order valence-corrected chi connectivity index (χ0v) is 11.5. The molecule has 0 spiro atoms. The molecule has 2 rings (SSSR count). The summed E-state index contributed by atoms with van der Waals surface area (Å²) in [5, 5.41) is 4.49. The van der Waals surface area contributed by atoms with E-state index < -0.39 is 6.10 Å². The first kappa shape index (κ1) is 13.5. The van der Waals surface area contributed by atoms with E-state index in [-0.39, 0.29) is 5.78 Å². The molecule has 6 heteroatoms. The van der Waals surface area contributed by atoms with Gasteiger partial charge in [-0.05, 0) is 13.5 Å². The van der Waals surface area contributed by atoms with Crippen LogP contribution in [-0.2, 0) is 11.3 Å². The lowest BCUT2D eigenvalue weighted by molar-refractivity contribution is -0.0153. The monoisotopic (exact) mass is 271 g/mol. The minimum atomic E-state index is -0.432. The van der Waals surface area contributed by atoms with Crippen molar-refractivity contribution in [3.63, 3.8) is 0 Å². The Balaban J connectivity index is 2.17. The summed E-state index contributed by atoms with van der Waals surface area (Å²) in [6.45, 7) is 7.64. The number of rotatable bonds is 4. The highest BCUT2D eigenvalue weighted by Crippen LogP contribution is 2.19. The molecule has 0 saturated carbocycles. The van der Waals surface area contributed by atoms with Crippen LogP contribution in [0.15, 0.2) is 6.20 Å². The molecule has 1 aromatic rings. The van der Waals surface area contributed by atoms with Crippen molar-refractivity contribution in [2.45, 2.75) is 26.5 Å². The Hall–Kier alpha value is -0.910. The topological polar surface area (TPSA) is 47.4 Å². The quantitative estimate of drug-likeness (QED) is 0.778. The number of aromatic nitrogens is 2. The fraction of sp³-hybridized carbons (Fsp3) is 0.667. The van der Waals surface area contributed by atoms with Crippen molar-refractivity contribution in [1.29, 1.82) is 0 Å². The standard InChI is InChI=1S/C12H18ClN3O2/c1-3-15-5-6-18-10(8-15)12(17)11-9(13)7-14-16(11)4-2/h7,10H,3-6,8H2,1-2H3. The lowest BCUT2D eigenvalue weighted by Gasteiger charge is -2.31. The third-order valence-electron chi connectivity index (χ3n) is 3.22. The molecule has 1 unspecified atom stereocenters. The van der Waals surface area contributed by atoms with Crippen molar-refractivity contribution in [2.24, 2.45) is 0 Å². The molecule has 0 N–H and O–H groups in total. The number of ether oxygens (including phenoxy) is 1. The number of nitrogens with zero attached hydrogens (tertiary/aromatic N) is 3. The predicted molar refractivity (Wildman–Crippen MR) is 69.1 cm³/mol. The highest BCUT2D eigenvalue weighted by Gasteiger charge is 2.30. The molecule has 0 amide bonds. The molecule has 1 fully saturated rings. The number of carbonyl (C=O) groups is 1. The predicted octanol–water partition coefficient (Wildman–Crippen LogP) is 1.46. The molecule has 18 heavy (non-hydrogen) atoms. The summed E-state index contributed by atoms with van der Waals surface area (Å²) in [4.78, 5) is 14.6. The minimum absolute atomic E-state index is 0.0718. The van der Waals surface area contributed by atoms with Gasteiger partial charge in [0, 0.05) is 19.6 Å². The minimum Gasteiger partial charge on any atom is -0.367 e. The van der Waals surface area contributed by atoms with Gasteiger partial charge in [0.05, 0.1) is 17.8 Å². The molecular weight excluding hydrogens is 254 g/mol. The smallest absolute Gasteiger partial charge is 0.212 e. The van der Waals surface area contributed by atoms with Gasteiger partial charge in [0.25, 0.3) is 0 Å². The van der Waals surface area contributed by atoms with E-state index in [2.05, 4.69) is 16.9 Å². The Morgan fingerprint density at radius 1 is 1.56 bits per heavy atom. The normalized spacial score (nSPS) is 21.2. The molecule has 1 aliphatic heterocycles. The van der Waals surface area contributed by atoms with Crippen molar-refractivity contribution >= 4 is 17.4 Å². The zero-order valence-electron chi connectivity index (χ0n) is 10.7. The molecule has 2 heterocycles.